The van der Waals surface area contributed by atoms with Gasteiger partial charge in [0.25, 0.3) is 0 Å². The lowest BCUT2D eigenvalue weighted by Gasteiger charge is -1.97. The van der Waals surface area contributed by atoms with E-state index in [1.807, 2.05) is 24.3 Å². The van der Waals surface area contributed by atoms with E-state index in [4.69, 9.17) is 9.63 Å². The van der Waals surface area contributed by atoms with Gasteiger partial charge in [0.1, 0.15) is 0 Å². The van der Waals surface area contributed by atoms with Crippen LogP contribution in [0.4, 0.5) is 0 Å². The number of thioether (sulfide) groups is 1. The van der Waals surface area contributed by atoms with Crippen LogP contribution in [0.15, 0.2) is 38.2 Å². The summed E-state index contributed by atoms with van der Waals surface area (Å²) in [5.74, 6) is 0.945. The van der Waals surface area contributed by atoms with Crippen molar-refractivity contribution >= 4 is 33.7 Å². The summed E-state index contributed by atoms with van der Waals surface area (Å²) in [4.78, 5) is 15.8. The Morgan fingerprint density at radius 1 is 1.35 bits per heavy atom. The number of aryl methyl sites for hydroxylation is 1. The molecule has 0 radical (unpaired) electrons. The van der Waals surface area contributed by atoms with E-state index in [0.717, 1.165) is 9.37 Å². The summed E-state index contributed by atoms with van der Waals surface area (Å²) in [5, 5.41) is 12.4. The molecule has 5 nitrogen and oxygen atoms in total. The maximum absolute atomic E-state index is 10.4. The first kappa shape index (κ1) is 15.1. The molecule has 0 aliphatic rings. The first-order valence-electron chi connectivity index (χ1n) is 6.05. The minimum absolute atomic E-state index is 0.116. The van der Waals surface area contributed by atoms with Crippen molar-refractivity contribution in [3.8, 4) is 0 Å². The zero-order valence-corrected chi connectivity index (χ0v) is 13.0. The minimum atomic E-state index is -0.810. The average Bonchev–Trinajstić information content (AvgIpc) is 2.86. The Morgan fingerprint density at radius 3 is 2.80 bits per heavy atom. The number of aromatic nitrogens is 2. The number of halogens is 1. The summed E-state index contributed by atoms with van der Waals surface area (Å²) in [5.41, 5.74) is 0. The van der Waals surface area contributed by atoms with Crippen LogP contribution in [0.1, 0.15) is 24.6 Å². The SMILES string of the molecule is O=C(O)CCCc1nc(CSc2ccc(Br)cc2)no1. The maximum atomic E-state index is 10.4. The Bertz CT molecular complexity index is 571. The normalized spacial score (nSPS) is 10.7. The lowest BCUT2D eigenvalue weighted by atomic mass is 10.2. The summed E-state index contributed by atoms with van der Waals surface area (Å²) in [7, 11) is 0. The van der Waals surface area contributed by atoms with E-state index in [1.165, 1.54) is 0 Å². The first-order chi connectivity index (χ1) is 9.63. The summed E-state index contributed by atoms with van der Waals surface area (Å²) in [6.07, 6.45) is 1.13. The zero-order chi connectivity index (χ0) is 14.4. The van der Waals surface area contributed by atoms with Crippen LogP contribution in [0.2, 0.25) is 0 Å². The smallest absolute Gasteiger partial charge is 0.303 e. The fourth-order valence-corrected chi connectivity index (χ4v) is 2.53. The molecule has 0 aliphatic heterocycles. The van der Waals surface area contributed by atoms with E-state index in [1.54, 1.807) is 11.8 Å². The van der Waals surface area contributed by atoms with Crippen molar-refractivity contribution in [1.29, 1.82) is 0 Å². The summed E-state index contributed by atoms with van der Waals surface area (Å²) in [6, 6.07) is 8.00. The molecule has 1 aromatic carbocycles. The molecule has 0 saturated carbocycles. The number of carboxylic acids is 1. The van der Waals surface area contributed by atoms with Crippen LogP contribution in [-0.4, -0.2) is 21.2 Å². The third-order valence-corrected chi connectivity index (χ3v) is 4.01. The molecule has 0 atom stereocenters. The lowest BCUT2D eigenvalue weighted by Crippen LogP contribution is -1.96. The second kappa shape index (κ2) is 7.44. The van der Waals surface area contributed by atoms with Crippen LogP contribution in [0.25, 0.3) is 0 Å². The Hall–Kier alpha value is -1.34. The highest BCUT2D eigenvalue weighted by Gasteiger charge is 2.07. The second-order valence-electron chi connectivity index (χ2n) is 4.09. The fourth-order valence-electron chi connectivity index (χ4n) is 1.52. The van der Waals surface area contributed by atoms with Crippen LogP contribution < -0.4 is 0 Å². The third kappa shape index (κ3) is 4.97. The van der Waals surface area contributed by atoms with Gasteiger partial charge in [0.05, 0.1) is 5.75 Å². The highest BCUT2D eigenvalue weighted by Crippen LogP contribution is 2.23. The van der Waals surface area contributed by atoms with Crippen molar-refractivity contribution in [2.24, 2.45) is 0 Å². The minimum Gasteiger partial charge on any atom is -0.481 e. The number of aliphatic carboxylic acids is 1. The summed E-state index contributed by atoms with van der Waals surface area (Å²) >= 11 is 5.01. The van der Waals surface area contributed by atoms with Gasteiger partial charge < -0.3 is 9.63 Å². The molecule has 0 saturated heterocycles. The monoisotopic (exact) mass is 356 g/mol. The summed E-state index contributed by atoms with van der Waals surface area (Å²) in [6.45, 7) is 0. The molecule has 106 valence electrons. The summed E-state index contributed by atoms with van der Waals surface area (Å²) < 4.78 is 6.12. The largest absolute Gasteiger partial charge is 0.481 e. The number of rotatable bonds is 7. The topological polar surface area (TPSA) is 76.2 Å². The Labute approximate surface area is 128 Å². The van der Waals surface area contributed by atoms with Crippen molar-refractivity contribution in [3.63, 3.8) is 0 Å². The van der Waals surface area contributed by atoms with Crippen LogP contribution in [0.3, 0.4) is 0 Å². The standard InChI is InChI=1S/C13H13BrN2O3S/c14-9-4-6-10(7-5-9)20-8-11-15-12(19-16-11)2-1-3-13(17)18/h4-7H,1-3,8H2,(H,17,18). The van der Waals surface area contributed by atoms with Crippen LogP contribution in [0, 0.1) is 0 Å². The van der Waals surface area contributed by atoms with Gasteiger partial charge in [-0.3, -0.25) is 4.79 Å². The molecule has 20 heavy (non-hydrogen) atoms. The molecule has 0 amide bonds. The molecule has 0 unspecified atom stereocenters. The van der Waals surface area contributed by atoms with Gasteiger partial charge in [-0.15, -0.1) is 11.8 Å². The van der Waals surface area contributed by atoms with Gasteiger partial charge in [0.2, 0.25) is 5.89 Å². The Morgan fingerprint density at radius 2 is 2.10 bits per heavy atom. The molecule has 0 fully saturated rings. The Kier molecular flexibility index (Phi) is 5.60. The van der Waals surface area contributed by atoms with Gasteiger partial charge in [0.15, 0.2) is 5.82 Å². The first-order valence-corrected chi connectivity index (χ1v) is 7.83. The number of hydrogen-bond acceptors (Lipinski definition) is 5. The van der Waals surface area contributed by atoms with Crippen molar-refractivity contribution in [2.45, 2.75) is 29.9 Å². The average molecular weight is 357 g/mol. The lowest BCUT2D eigenvalue weighted by molar-refractivity contribution is -0.137. The molecule has 0 bridgehead atoms. The van der Waals surface area contributed by atoms with Gasteiger partial charge in [0, 0.05) is 22.2 Å². The molecule has 1 heterocycles. The van der Waals surface area contributed by atoms with Crippen molar-refractivity contribution in [3.05, 3.63) is 40.5 Å². The van der Waals surface area contributed by atoms with Gasteiger partial charge in [-0.1, -0.05) is 21.1 Å². The molecule has 2 aromatic rings. The van der Waals surface area contributed by atoms with Crippen molar-refractivity contribution in [1.82, 2.24) is 10.1 Å². The van der Waals surface area contributed by atoms with E-state index in [0.29, 0.717) is 30.3 Å². The second-order valence-corrected chi connectivity index (χ2v) is 6.06. The molecule has 1 N–H and O–H groups in total. The van der Waals surface area contributed by atoms with Gasteiger partial charge >= 0.3 is 5.97 Å². The van der Waals surface area contributed by atoms with Gasteiger partial charge in [-0.25, -0.2) is 0 Å². The quantitative estimate of drug-likeness (QED) is 0.764. The number of carboxylic acid groups (broad SMARTS) is 1. The molecular formula is C13H13BrN2O3S. The van der Waals surface area contributed by atoms with Crippen LogP contribution in [-0.2, 0) is 17.0 Å². The van der Waals surface area contributed by atoms with Crippen LogP contribution in [0.5, 0.6) is 0 Å². The van der Waals surface area contributed by atoms with E-state index in [2.05, 4.69) is 26.1 Å². The molecule has 0 spiro atoms. The number of nitrogens with zero attached hydrogens (tertiary/aromatic N) is 2. The predicted octanol–water partition coefficient (Wildman–Crippen LogP) is 3.53. The number of carbonyl (C=O) groups is 1. The van der Waals surface area contributed by atoms with E-state index < -0.39 is 5.97 Å². The van der Waals surface area contributed by atoms with Gasteiger partial charge in [-0.2, -0.15) is 4.98 Å². The van der Waals surface area contributed by atoms with Crippen LogP contribution >= 0.6 is 27.7 Å². The van der Waals surface area contributed by atoms with E-state index in [-0.39, 0.29) is 6.42 Å². The van der Waals surface area contributed by atoms with E-state index in [9.17, 15) is 4.79 Å². The molecule has 1 aromatic heterocycles. The van der Waals surface area contributed by atoms with E-state index >= 15 is 0 Å². The highest BCUT2D eigenvalue weighted by molar-refractivity contribution is 9.10. The fraction of sp³-hybridized carbons (Fsp3) is 0.308. The maximum Gasteiger partial charge on any atom is 0.303 e. The zero-order valence-electron chi connectivity index (χ0n) is 10.6. The molecule has 7 heteroatoms. The highest BCUT2D eigenvalue weighted by atomic mass is 79.9. The third-order valence-electron chi connectivity index (χ3n) is 2.47. The number of benzene rings is 1. The number of hydrogen-bond donors (Lipinski definition) is 1. The predicted molar refractivity (Wildman–Crippen MR) is 78.6 cm³/mol. The van der Waals surface area contributed by atoms with Crippen molar-refractivity contribution in [2.75, 3.05) is 0 Å². The Balaban J connectivity index is 1.80. The molecule has 2 rings (SSSR count). The molecule has 0 aliphatic carbocycles. The van der Waals surface area contributed by atoms with Crippen molar-refractivity contribution < 1.29 is 14.4 Å². The van der Waals surface area contributed by atoms with Gasteiger partial charge in [-0.05, 0) is 30.7 Å². The molecular weight excluding hydrogens is 344 g/mol.